The van der Waals surface area contributed by atoms with E-state index in [9.17, 15) is 26.8 Å². The lowest BCUT2D eigenvalue weighted by molar-refractivity contribution is -0.133. The van der Waals surface area contributed by atoms with Crippen LogP contribution < -0.4 is 9.62 Å². The van der Waals surface area contributed by atoms with Crippen molar-refractivity contribution in [3.63, 3.8) is 0 Å². The van der Waals surface area contributed by atoms with Crippen molar-refractivity contribution in [1.82, 2.24) is 4.72 Å². The molecule has 1 aliphatic heterocycles. The van der Waals surface area contributed by atoms with Gasteiger partial charge >= 0.3 is 0 Å². The third-order valence-electron chi connectivity index (χ3n) is 6.35. The first-order valence-electron chi connectivity index (χ1n) is 12.4. The average Bonchev–Trinajstić information content (AvgIpc) is 2.93. The van der Waals surface area contributed by atoms with Gasteiger partial charge in [0.05, 0.1) is 5.41 Å². The SMILES string of the molecule is O=C(NS(=O)(=O)/C=C/c1ccccc1)C(Cc1ccc(F)cc1)C(=O)N(c1ccc(F)cc1)C1CCOCC1. The van der Waals surface area contributed by atoms with E-state index in [4.69, 9.17) is 4.74 Å². The molecule has 3 aromatic rings. The average molecular weight is 555 g/mol. The fourth-order valence-electron chi connectivity index (χ4n) is 4.36. The second-order valence-electron chi connectivity index (χ2n) is 9.14. The van der Waals surface area contributed by atoms with E-state index in [0.29, 0.717) is 42.9 Å². The smallest absolute Gasteiger partial charge is 0.257 e. The summed E-state index contributed by atoms with van der Waals surface area (Å²) in [5, 5.41) is 0.857. The van der Waals surface area contributed by atoms with Gasteiger partial charge in [-0.15, -0.1) is 0 Å². The van der Waals surface area contributed by atoms with Crippen LogP contribution in [0.1, 0.15) is 24.0 Å². The van der Waals surface area contributed by atoms with E-state index in [-0.39, 0.29) is 12.5 Å². The molecule has 1 aliphatic rings. The summed E-state index contributed by atoms with van der Waals surface area (Å²) in [6.07, 6.45) is 2.11. The zero-order valence-corrected chi connectivity index (χ0v) is 21.8. The molecule has 0 aliphatic carbocycles. The molecule has 1 atom stereocenters. The highest BCUT2D eigenvalue weighted by molar-refractivity contribution is 7.93. The third-order valence-corrected chi connectivity index (χ3v) is 7.33. The van der Waals surface area contributed by atoms with E-state index in [1.807, 2.05) is 4.72 Å². The van der Waals surface area contributed by atoms with Gasteiger partial charge in [-0.25, -0.2) is 21.9 Å². The van der Waals surface area contributed by atoms with E-state index < -0.39 is 39.4 Å². The summed E-state index contributed by atoms with van der Waals surface area (Å²) in [6.45, 7) is 0.784. The molecule has 1 N–H and O–H groups in total. The lowest BCUT2D eigenvalue weighted by Crippen LogP contribution is -2.51. The summed E-state index contributed by atoms with van der Waals surface area (Å²) in [7, 11) is -4.26. The molecule has 39 heavy (non-hydrogen) atoms. The Labute approximate surface area is 226 Å². The molecule has 0 bridgehead atoms. The molecule has 1 fully saturated rings. The lowest BCUT2D eigenvalue weighted by Gasteiger charge is -2.36. The van der Waals surface area contributed by atoms with Crippen LogP contribution in [-0.2, 0) is 30.8 Å². The Morgan fingerprint density at radius 1 is 0.923 bits per heavy atom. The molecule has 10 heteroatoms. The van der Waals surface area contributed by atoms with Crippen molar-refractivity contribution in [2.24, 2.45) is 5.92 Å². The second kappa shape index (κ2) is 12.8. The Hall–Kier alpha value is -3.89. The van der Waals surface area contributed by atoms with Crippen molar-refractivity contribution in [2.75, 3.05) is 18.1 Å². The molecule has 1 saturated heterocycles. The van der Waals surface area contributed by atoms with Crippen LogP contribution in [-0.4, -0.2) is 39.5 Å². The molecule has 1 unspecified atom stereocenters. The van der Waals surface area contributed by atoms with Crippen molar-refractivity contribution < 1.29 is 31.5 Å². The van der Waals surface area contributed by atoms with Crippen LogP contribution in [0.4, 0.5) is 14.5 Å². The number of carbonyl (C=O) groups is 2. The predicted octanol–water partition coefficient (Wildman–Crippen LogP) is 4.45. The number of halogens is 2. The molecule has 3 aromatic carbocycles. The number of nitrogens with one attached hydrogen (secondary N) is 1. The number of sulfonamides is 1. The van der Waals surface area contributed by atoms with Gasteiger partial charge in [0.1, 0.15) is 17.6 Å². The van der Waals surface area contributed by atoms with Gasteiger partial charge in [0.15, 0.2) is 0 Å². The molecule has 2 amide bonds. The van der Waals surface area contributed by atoms with Gasteiger partial charge in [-0.2, -0.15) is 0 Å². The normalized spacial score (nSPS) is 15.1. The summed E-state index contributed by atoms with van der Waals surface area (Å²) in [5.74, 6) is -4.13. The van der Waals surface area contributed by atoms with Gasteiger partial charge in [0.25, 0.3) is 10.0 Å². The first-order chi connectivity index (χ1) is 18.7. The molecule has 1 heterocycles. The van der Waals surface area contributed by atoms with Crippen molar-refractivity contribution >= 4 is 33.6 Å². The summed E-state index contributed by atoms with van der Waals surface area (Å²) in [6, 6.07) is 18.9. The fraction of sp³-hybridized carbons (Fsp3) is 0.241. The summed E-state index contributed by atoms with van der Waals surface area (Å²) in [5.41, 5.74) is 1.45. The zero-order valence-electron chi connectivity index (χ0n) is 21.0. The van der Waals surface area contributed by atoms with Crippen LogP contribution in [0.5, 0.6) is 0 Å². The summed E-state index contributed by atoms with van der Waals surface area (Å²) >= 11 is 0. The number of benzene rings is 3. The molecule has 0 spiro atoms. The van der Waals surface area contributed by atoms with Crippen molar-refractivity contribution in [3.05, 3.63) is 107 Å². The van der Waals surface area contributed by atoms with Crippen LogP contribution in [0.2, 0.25) is 0 Å². The highest BCUT2D eigenvalue weighted by atomic mass is 32.2. The molecular weight excluding hydrogens is 526 g/mol. The number of ether oxygens (including phenoxy) is 1. The fourth-order valence-corrected chi connectivity index (χ4v) is 5.18. The molecule has 4 rings (SSSR count). The van der Waals surface area contributed by atoms with Crippen LogP contribution in [0.15, 0.2) is 84.3 Å². The summed E-state index contributed by atoms with van der Waals surface area (Å²) in [4.78, 5) is 28.9. The molecular formula is C29H28F2N2O5S. The van der Waals surface area contributed by atoms with E-state index in [1.54, 1.807) is 30.3 Å². The largest absolute Gasteiger partial charge is 0.381 e. The highest BCUT2D eigenvalue weighted by Crippen LogP contribution is 2.27. The minimum Gasteiger partial charge on any atom is -0.381 e. The Morgan fingerprint density at radius 3 is 2.13 bits per heavy atom. The number of anilines is 1. The van der Waals surface area contributed by atoms with Gasteiger partial charge in [0.2, 0.25) is 11.8 Å². The number of nitrogens with zero attached hydrogens (tertiary/aromatic N) is 1. The lowest BCUT2D eigenvalue weighted by atomic mass is 9.95. The van der Waals surface area contributed by atoms with Crippen LogP contribution >= 0.6 is 0 Å². The maximum atomic E-state index is 14.0. The number of rotatable bonds is 9. The number of carbonyl (C=O) groups excluding carboxylic acids is 2. The summed E-state index contributed by atoms with van der Waals surface area (Å²) < 4.78 is 60.2. The molecule has 0 aromatic heterocycles. The molecule has 0 saturated carbocycles. The second-order valence-corrected chi connectivity index (χ2v) is 10.7. The van der Waals surface area contributed by atoms with Gasteiger partial charge in [0, 0.05) is 24.9 Å². The Morgan fingerprint density at radius 2 is 1.51 bits per heavy atom. The Balaban J connectivity index is 1.66. The first kappa shape index (κ1) is 28.1. The predicted molar refractivity (Wildman–Crippen MR) is 144 cm³/mol. The minimum absolute atomic E-state index is 0.177. The van der Waals surface area contributed by atoms with Crippen molar-refractivity contribution in [3.8, 4) is 0 Å². The maximum absolute atomic E-state index is 14.0. The zero-order chi connectivity index (χ0) is 27.8. The van der Waals surface area contributed by atoms with E-state index in [0.717, 1.165) is 5.41 Å². The third kappa shape index (κ3) is 7.81. The standard InChI is InChI=1S/C29H28F2N2O5S/c30-23-8-6-22(7-9-23)20-27(28(34)32-39(36,37)19-16-21-4-2-1-3-5-21)29(35)33(26-14-17-38-18-15-26)25-12-10-24(31)11-13-25/h1-13,16,19,26-27H,14-15,17-18,20H2,(H,32,34)/b19-16+. The van der Waals surface area contributed by atoms with E-state index in [2.05, 4.69) is 0 Å². The van der Waals surface area contributed by atoms with Crippen LogP contribution in [0, 0.1) is 17.6 Å². The van der Waals surface area contributed by atoms with Gasteiger partial charge in [-0.1, -0.05) is 42.5 Å². The maximum Gasteiger partial charge on any atom is 0.257 e. The van der Waals surface area contributed by atoms with Crippen molar-refractivity contribution in [1.29, 1.82) is 0 Å². The first-order valence-corrected chi connectivity index (χ1v) is 14.0. The highest BCUT2D eigenvalue weighted by Gasteiger charge is 2.37. The number of amides is 2. The molecule has 7 nitrogen and oxygen atoms in total. The number of hydrogen-bond donors (Lipinski definition) is 1. The van der Waals surface area contributed by atoms with E-state index in [1.165, 1.54) is 59.5 Å². The van der Waals surface area contributed by atoms with Gasteiger partial charge in [-0.3, -0.25) is 9.59 Å². The van der Waals surface area contributed by atoms with Crippen molar-refractivity contribution in [2.45, 2.75) is 25.3 Å². The minimum atomic E-state index is -4.26. The molecule has 0 radical (unpaired) electrons. The molecule has 204 valence electrons. The van der Waals surface area contributed by atoms with Crippen LogP contribution in [0.3, 0.4) is 0 Å². The van der Waals surface area contributed by atoms with Crippen LogP contribution in [0.25, 0.3) is 6.08 Å². The Kier molecular flexibility index (Phi) is 9.21. The topological polar surface area (TPSA) is 92.8 Å². The Bertz CT molecular complexity index is 1410. The van der Waals surface area contributed by atoms with Gasteiger partial charge in [-0.05, 0) is 72.9 Å². The van der Waals surface area contributed by atoms with Gasteiger partial charge < -0.3 is 9.64 Å². The quantitative estimate of drug-likeness (QED) is 0.395. The monoisotopic (exact) mass is 554 g/mol. The van der Waals surface area contributed by atoms with E-state index >= 15 is 0 Å². The number of hydrogen-bond acceptors (Lipinski definition) is 5.